The van der Waals surface area contributed by atoms with E-state index in [1.54, 1.807) is 49.4 Å². The van der Waals surface area contributed by atoms with Gasteiger partial charge >= 0.3 is 5.97 Å². The first-order valence-corrected chi connectivity index (χ1v) is 14.4. The molecule has 10 heteroatoms. The zero-order valence-corrected chi connectivity index (χ0v) is 23.1. The summed E-state index contributed by atoms with van der Waals surface area (Å²) in [6.45, 7) is 1.68. The molecule has 1 atom stereocenters. The van der Waals surface area contributed by atoms with Gasteiger partial charge in [0.25, 0.3) is 5.91 Å². The van der Waals surface area contributed by atoms with Crippen LogP contribution in [0.5, 0.6) is 0 Å². The molecule has 0 radical (unpaired) electrons. The molecule has 0 N–H and O–H groups in total. The summed E-state index contributed by atoms with van der Waals surface area (Å²) in [5, 5.41) is 1.92. The summed E-state index contributed by atoms with van der Waals surface area (Å²) in [4.78, 5) is 39.8. The molecular weight excluding hydrogens is 552 g/mol. The number of rotatable bonds is 8. The van der Waals surface area contributed by atoms with Crippen molar-refractivity contribution < 1.29 is 27.5 Å². The molecule has 1 fully saturated rings. The van der Waals surface area contributed by atoms with Gasteiger partial charge in [0.05, 0.1) is 29.2 Å². The van der Waals surface area contributed by atoms with E-state index >= 15 is 0 Å². The molecule has 1 saturated heterocycles. The Morgan fingerprint density at radius 3 is 2.33 bits per heavy atom. The lowest BCUT2D eigenvalue weighted by Gasteiger charge is -2.27. The molecule has 8 nitrogen and oxygen atoms in total. The number of nitrogens with zero attached hydrogens (tertiary/aromatic N) is 2. The number of benzene rings is 4. The highest BCUT2D eigenvalue weighted by atomic mass is 35.5. The van der Waals surface area contributed by atoms with Crippen molar-refractivity contribution in [3.05, 3.63) is 107 Å². The molecule has 1 unspecified atom stereocenters. The standard InChI is InChI=1S/C30H25ClN2O6S/c1-2-39-30(36)21-11-14-24(15-12-21)33-28(34)18-27(29(33)35)32(19-23-9-5-6-10-26(23)31)40(37,38)25-16-13-20-7-3-4-8-22(20)17-25/h3-17,27H,2,18-19H2,1H3. The Morgan fingerprint density at radius 2 is 1.62 bits per heavy atom. The Hall–Kier alpha value is -4.05. The number of amides is 2. The summed E-state index contributed by atoms with van der Waals surface area (Å²) in [5.41, 5.74) is 0.984. The van der Waals surface area contributed by atoms with Gasteiger partial charge in [0, 0.05) is 11.6 Å². The van der Waals surface area contributed by atoms with E-state index in [1.165, 1.54) is 30.3 Å². The van der Waals surface area contributed by atoms with Crippen molar-refractivity contribution in [3.8, 4) is 0 Å². The number of hydrogen-bond donors (Lipinski definition) is 0. The van der Waals surface area contributed by atoms with Gasteiger partial charge in [0.15, 0.2) is 0 Å². The van der Waals surface area contributed by atoms with Crippen molar-refractivity contribution in [2.75, 3.05) is 11.5 Å². The summed E-state index contributed by atoms with van der Waals surface area (Å²) < 4.78 is 34.2. The number of hydrogen-bond acceptors (Lipinski definition) is 6. The molecule has 1 aliphatic rings. The van der Waals surface area contributed by atoms with E-state index in [0.29, 0.717) is 10.6 Å². The van der Waals surface area contributed by atoms with Crippen LogP contribution in [0.4, 0.5) is 5.69 Å². The molecule has 5 rings (SSSR count). The second-order valence-corrected chi connectivity index (χ2v) is 11.5. The van der Waals surface area contributed by atoms with Crippen LogP contribution < -0.4 is 4.90 Å². The molecule has 0 spiro atoms. The van der Waals surface area contributed by atoms with E-state index in [9.17, 15) is 22.8 Å². The smallest absolute Gasteiger partial charge is 0.338 e. The molecule has 1 aliphatic heterocycles. The first-order valence-electron chi connectivity index (χ1n) is 12.6. The highest BCUT2D eigenvalue weighted by Gasteiger charge is 2.47. The van der Waals surface area contributed by atoms with Gasteiger partial charge in [-0.25, -0.2) is 18.1 Å². The van der Waals surface area contributed by atoms with Crippen LogP contribution >= 0.6 is 11.6 Å². The van der Waals surface area contributed by atoms with Gasteiger partial charge in [0.1, 0.15) is 6.04 Å². The van der Waals surface area contributed by atoms with Gasteiger partial charge in [-0.05, 0) is 65.7 Å². The lowest BCUT2D eigenvalue weighted by atomic mass is 10.1. The summed E-state index contributed by atoms with van der Waals surface area (Å²) in [5.74, 6) is -1.78. The maximum Gasteiger partial charge on any atom is 0.338 e. The molecule has 40 heavy (non-hydrogen) atoms. The predicted molar refractivity (Wildman–Crippen MR) is 151 cm³/mol. The quantitative estimate of drug-likeness (QED) is 0.211. The second-order valence-electron chi connectivity index (χ2n) is 9.21. The molecule has 4 aromatic carbocycles. The van der Waals surface area contributed by atoms with E-state index < -0.39 is 33.8 Å². The number of esters is 1. The van der Waals surface area contributed by atoms with Gasteiger partial charge in [-0.15, -0.1) is 0 Å². The average molecular weight is 577 g/mol. The van der Waals surface area contributed by atoms with Gasteiger partial charge in [-0.2, -0.15) is 4.31 Å². The van der Waals surface area contributed by atoms with Crippen molar-refractivity contribution in [3.63, 3.8) is 0 Å². The van der Waals surface area contributed by atoms with Crippen LogP contribution in [0.1, 0.15) is 29.3 Å². The van der Waals surface area contributed by atoms with Gasteiger partial charge in [0.2, 0.25) is 15.9 Å². The number of halogens is 1. The van der Waals surface area contributed by atoms with Crippen molar-refractivity contribution in [1.29, 1.82) is 0 Å². The van der Waals surface area contributed by atoms with Crippen molar-refractivity contribution in [2.45, 2.75) is 30.8 Å². The molecule has 0 bridgehead atoms. The Bertz CT molecular complexity index is 1720. The highest BCUT2D eigenvalue weighted by molar-refractivity contribution is 7.89. The second kappa shape index (κ2) is 11.2. The molecule has 0 aliphatic carbocycles. The summed E-state index contributed by atoms with van der Waals surface area (Å²) in [6, 6.07) is 23.4. The Labute approximate surface area is 236 Å². The molecule has 204 valence electrons. The zero-order chi connectivity index (χ0) is 28.4. The maximum atomic E-state index is 14.1. The van der Waals surface area contributed by atoms with Crippen LogP contribution in [0.3, 0.4) is 0 Å². The number of sulfonamides is 1. The predicted octanol–water partition coefficient (Wildman–Crippen LogP) is 5.19. The molecule has 1 heterocycles. The first kappa shape index (κ1) is 27.5. The van der Waals surface area contributed by atoms with Crippen LogP contribution in [0.15, 0.2) is 95.9 Å². The van der Waals surface area contributed by atoms with E-state index in [1.807, 2.05) is 18.2 Å². The normalized spacial score (nSPS) is 15.7. The van der Waals surface area contributed by atoms with E-state index in [0.717, 1.165) is 20.0 Å². The van der Waals surface area contributed by atoms with Crippen LogP contribution in [-0.2, 0) is 30.9 Å². The van der Waals surface area contributed by atoms with Crippen LogP contribution in [0.25, 0.3) is 10.8 Å². The fourth-order valence-electron chi connectivity index (χ4n) is 4.69. The molecule has 0 saturated carbocycles. The number of carbonyl (C=O) groups excluding carboxylic acids is 3. The van der Waals surface area contributed by atoms with Crippen LogP contribution in [0, 0.1) is 0 Å². The fourth-order valence-corrected chi connectivity index (χ4v) is 6.48. The summed E-state index contributed by atoms with van der Waals surface area (Å²) >= 11 is 6.38. The monoisotopic (exact) mass is 576 g/mol. The third-order valence-electron chi connectivity index (χ3n) is 6.72. The first-order chi connectivity index (χ1) is 19.2. The van der Waals surface area contributed by atoms with Crippen LogP contribution in [-0.4, -0.2) is 43.2 Å². The van der Waals surface area contributed by atoms with Crippen molar-refractivity contribution in [1.82, 2.24) is 4.31 Å². The minimum absolute atomic E-state index is 0.00394. The SMILES string of the molecule is CCOC(=O)c1ccc(N2C(=O)CC(N(Cc3ccccc3Cl)S(=O)(=O)c3ccc4ccccc4c3)C2=O)cc1. The third-order valence-corrected chi connectivity index (χ3v) is 8.94. The van der Waals surface area contributed by atoms with Gasteiger partial charge < -0.3 is 4.74 Å². The third kappa shape index (κ3) is 5.23. The minimum Gasteiger partial charge on any atom is -0.462 e. The Balaban J connectivity index is 1.53. The lowest BCUT2D eigenvalue weighted by Crippen LogP contribution is -2.45. The maximum absolute atomic E-state index is 14.1. The number of imide groups is 1. The van der Waals surface area contributed by atoms with Gasteiger partial charge in [-0.1, -0.05) is 60.1 Å². The fraction of sp³-hybridized carbons (Fsp3) is 0.167. The van der Waals surface area contributed by atoms with E-state index in [4.69, 9.17) is 16.3 Å². The molecule has 4 aromatic rings. The lowest BCUT2D eigenvalue weighted by molar-refractivity contribution is -0.122. The largest absolute Gasteiger partial charge is 0.462 e. The number of anilines is 1. The van der Waals surface area contributed by atoms with E-state index in [-0.39, 0.29) is 35.7 Å². The molecule has 2 amide bonds. The zero-order valence-electron chi connectivity index (χ0n) is 21.5. The number of ether oxygens (including phenoxy) is 1. The van der Waals surface area contributed by atoms with Gasteiger partial charge in [-0.3, -0.25) is 9.59 Å². The van der Waals surface area contributed by atoms with Crippen LogP contribution in [0.2, 0.25) is 5.02 Å². The highest BCUT2D eigenvalue weighted by Crippen LogP contribution is 2.33. The molecular formula is C30H25ClN2O6S. The number of fused-ring (bicyclic) bond motifs is 1. The van der Waals surface area contributed by atoms with Crippen molar-refractivity contribution >= 4 is 55.9 Å². The summed E-state index contributed by atoms with van der Waals surface area (Å²) in [6.07, 6.45) is -0.351. The Morgan fingerprint density at radius 1 is 0.950 bits per heavy atom. The topological polar surface area (TPSA) is 101 Å². The summed E-state index contributed by atoms with van der Waals surface area (Å²) in [7, 11) is -4.26. The van der Waals surface area contributed by atoms with E-state index in [2.05, 4.69) is 0 Å². The average Bonchev–Trinajstić information content (AvgIpc) is 3.25. The van der Waals surface area contributed by atoms with Crippen molar-refractivity contribution in [2.24, 2.45) is 0 Å². The molecule has 0 aromatic heterocycles. The Kier molecular flexibility index (Phi) is 7.71. The minimum atomic E-state index is -4.26. The number of carbonyl (C=O) groups is 3.